The number of benzene rings is 3. The predicted octanol–water partition coefficient (Wildman–Crippen LogP) is 5.12. The normalized spacial score (nSPS) is 10.1. The fourth-order valence-corrected chi connectivity index (χ4v) is 3.18. The second-order valence-corrected chi connectivity index (χ2v) is 7.97. The topological polar surface area (TPSA) is 102 Å². The first kappa shape index (κ1) is 29.7. The Bertz CT molecular complexity index is 1080. The van der Waals surface area contributed by atoms with Crippen molar-refractivity contribution in [1.29, 1.82) is 0 Å². The van der Waals surface area contributed by atoms with Crippen LogP contribution in [0, 0.1) is 70.6 Å². The van der Waals surface area contributed by atoms with Crippen LogP contribution in [-0.4, -0.2) is 17.4 Å². The molecular weight excluding hydrogens is 470 g/mol. The van der Waals surface area contributed by atoms with Gasteiger partial charge in [0, 0.05) is 11.4 Å². The lowest BCUT2D eigenvalue weighted by atomic mass is 10.1. The molecule has 0 aliphatic carbocycles. The van der Waals surface area contributed by atoms with E-state index in [1.807, 2.05) is 27.7 Å². The summed E-state index contributed by atoms with van der Waals surface area (Å²) in [6.45, 7) is 12.3. The van der Waals surface area contributed by atoms with E-state index < -0.39 is 42.2 Å². The first-order valence-electron chi connectivity index (χ1n) is 10.3. The minimum Gasteiger partial charge on any atom is -0.507 e. The third-order valence-corrected chi connectivity index (χ3v) is 4.87. The summed E-state index contributed by atoms with van der Waals surface area (Å²) >= 11 is 0. The third kappa shape index (κ3) is 7.86. The Balaban J connectivity index is 0.000000271. The van der Waals surface area contributed by atoms with E-state index in [-0.39, 0.29) is 0 Å². The van der Waals surface area contributed by atoms with Crippen LogP contribution in [0.25, 0.3) is 0 Å². The first-order valence-corrected chi connectivity index (χ1v) is 10.3. The van der Waals surface area contributed by atoms with Crippen LogP contribution < -0.4 is 16.1 Å². The zero-order chi connectivity index (χ0) is 27.2. The highest BCUT2D eigenvalue weighted by Crippen LogP contribution is 2.29. The van der Waals surface area contributed by atoms with Gasteiger partial charge in [0.1, 0.15) is 0 Å². The quantitative estimate of drug-likeness (QED) is 0.129. The standard InChI is InChI=1S/2C9H13N.C6H2BF5O3/c2*1-6-4-7(2)9(10)8(3)5-6;8-1-2(9)4(11)6(15-7(13)14)5(12)3(1)10/h2*4-5H,10H2,1-3H3;13-14H. The van der Waals surface area contributed by atoms with Gasteiger partial charge in [-0.05, 0) is 63.8 Å². The molecule has 0 unspecified atom stereocenters. The van der Waals surface area contributed by atoms with Gasteiger partial charge in [0.25, 0.3) is 0 Å². The van der Waals surface area contributed by atoms with Crippen molar-refractivity contribution >= 4 is 18.7 Å². The van der Waals surface area contributed by atoms with Crippen molar-refractivity contribution in [2.75, 3.05) is 11.5 Å². The van der Waals surface area contributed by atoms with E-state index in [0.29, 0.717) is 0 Å². The van der Waals surface area contributed by atoms with Gasteiger partial charge >= 0.3 is 7.32 Å². The zero-order valence-electron chi connectivity index (χ0n) is 20.2. The second kappa shape index (κ2) is 12.4. The molecule has 0 bridgehead atoms. The number of halogens is 5. The Morgan fingerprint density at radius 2 is 0.829 bits per heavy atom. The Labute approximate surface area is 201 Å². The van der Waals surface area contributed by atoms with Gasteiger partial charge in [-0.1, -0.05) is 35.4 Å². The number of aryl methyl sites for hydroxylation is 6. The molecule has 5 nitrogen and oxygen atoms in total. The van der Waals surface area contributed by atoms with Crippen molar-refractivity contribution < 1.29 is 36.7 Å². The lowest BCUT2D eigenvalue weighted by Crippen LogP contribution is -2.23. The van der Waals surface area contributed by atoms with Crippen LogP contribution in [0.2, 0.25) is 0 Å². The lowest BCUT2D eigenvalue weighted by molar-refractivity contribution is 0.263. The molecule has 11 heteroatoms. The van der Waals surface area contributed by atoms with Gasteiger partial charge in [0.15, 0.2) is 5.75 Å². The molecule has 0 atom stereocenters. The maximum absolute atomic E-state index is 12.7. The maximum atomic E-state index is 12.7. The van der Waals surface area contributed by atoms with Gasteiger partial charge in [0.2, 0.25) is 29.1 Å². The van der Waals surface area contributed by atoms with E-state index in [1.165, 1.54) is 33.4 Å². The summed E-state index contributed by atoms with van der Waals surface area (Å²) < 4.78 is 66.3. The van der Waals surface area contributed by atoms with Crippen LogP contribution in [0.4, 0.5) is 33.3 Å². The van der Waals surface area contributed by atoms with E-state index in [4.69, 9.17) is 21.5 Å². The molecule has 6 N–H and O–H groups in total. The Kier molecular flexibility index (Phi) is 10.5. The Hall–Kier alpha value is -3.31. The molecule has 190 valence electrons. The average Bonchev–Trinajstić information content (AvgIpc) is 2.76. The average molecular weight is 498 g/mol. The highest BCUT2D eigenvalue weighted by molar-refractivity contribution is 6.33. The summed E-state index contributed by atoms with van der Waals surface area (Å²) in [7, 11) is -2.70. The molecule has 35 heavy (non-hydrogen) atoms. The Morgan fingerprint density at radius 1 is 0.571 bits per heavy atom. The third-order valence-electron chi connectivity index (χ3n) is 4.87. The second-order valence-electron chi connectivity index (χ2n) is 7.97. The number of rotatable bonds is 2. The number of anilines is 2. The van der Waals surface area contributed by atoms with Crippen LogP contribution in [0.1, 0.15) is 33.4 Å². The largest absolute Gasteiger partial charge is 0.707 e. The SMILES string of the molecule is Cc1cc(C)c(N)c(C)c1.Cc1cc(C)c(N)c(C)c1.OB(O)Oc1c(F)c(F)c(F)c(F)c1F. The predicted molar refractivity (Wildman–Crippen MR) is 127 cm³/mol. The molecule has 0 spiro atoms. The van der Waals surface area contributed by atoms with Crippen molar-refractivity contribution in [2.45, 2.75) is 41.5 Å². The van der Waals surface area contributed by atoms with Crippen molar-refractivity contribution in [2.24, 2.45) is 0 Å². The summed E-state index contributed by atoms with van der Waals surface area (Å²) in [5.74, 6) is -13.1. The highest BCUT2D eigenvalue weighted by atomic mass is 19.2. The van der Waals surface area contributed by atoms with E-state index in [2.05, 4.69) is 42.8 Å². The molecule has 3 rings (SSSR count). The number of nitrogens with two attached hydrogens (primary N) is 2. The molecule has 0 aliphatic heterocycles. The lowest BCUT2D eigenvalue weighted by Gasteiger charge is -2.08. The molecule has 0 aliphatic rings. The summed E-state index contributed by atoms with van der Waals surface area (Å²) in [5, 5.41) is 16.3. The molecule has 3 aromatic carbocycles. The fourth-order valence-electron chi connectivity index (χ4n) is 3.18. The number of hydrogen-bond donors (Lipinski definition) is 4. The smallest absolute Gasteiger partial charge is 0.507 e. The highest BCUT2D eigenvalue weighted by Gasteiger charge is 2.29. The molecule has 3 aromatic rings. The monoisotopic (exact) mass is 498 g/mol. The van der Waals surface area contributed by atoms with Crippen LogP contribution in [-0.2, 0) is 0 Å². The number of hydrogen-bond acceptors (Lipinski definition) is 5. The number of nitrogen functional groups attached to an aromatic ring is 2. The van der Waals surface area contributed by atoms with Crippen molar-refractivity contribution in [3.05, 3.63) is 86.7 Å². The molecule has 0 radical (unpaired) electrons. The molecule has 0 saturated carbocycles. The van der Waals surface area contributed by atoms with Gasteiger partial charge in [-0.25, -0.2) is 13.2 Å². The van der Waals surface area contributed by atoms with Crippen LogP contribution in [0.5, 0.6) is 5.75 Å². The van der Waals surface area contributed by atoms with E-state index >= 15 is 0 Å². The summed E-state index contributed by atoms with van der Waals surface area (Å²) in [6.07, 6.45) is 0. The van der Waals surface area contributed by atoms with Crippen LogP contribution in [0.3, 0.4) is 0 Å². The molecule has 0 saturated heterocycles. The first-order chi connectivity index (χ1) is 16.1. The minimum atomic E-state index is -2.70. The van der Waals surface area contributed by atoms with Crippen molar-refractivity contribution in [3.63, 3.8) is 0 Å². The van der Waals surface area contributed by atoms with Gasteiger partial charge < -0.3 is 26.2 Å². The zero-order valence-corrected chi connectivity index (χ0v) is 20.2. The van der Waals surface area contributed by atoms with Crippen LogP contribution >= 0.6 is 0 Å². The summed E-state index contributed by atoms with van der Waals surface area (Å²) in [6, 6.07) is 8.40. The molecule has 0 amide bonds. The van der Waals surface area contributed by atoms with Gasteiger partial charge in [-0.2, -0.15) is 8.78 Å². The molecule has 0 aromatic heterocycles. The van der Waals surface area contributed by atoms with E-state index in [9.17, 15) is 22.0 Å². The molecule has 0 fully saturated rings. The maximum Gasteiger partial charge on any atom is 0.707 e. The fraction of sp³-hybridized carbons (Fsp3) is 0.250. The van der Waals surface area contributed by atoms with Crippen LogP contribution in [0.15, 0.2) is 24.3 Å². The van der Waals surface area contributed by atoms with Crippen molar-refractivity contribution in [3.8, 4) is 5.75 Å². The molecular formula is C24H28BF5N2O3. The molecule has 0 heterocycles. The van der Waals surface area contributed by atoms with Crippen molar-refractivity contribution in [1.82, 2.24) is 0 Å². The van der Waals surface area contributed by atoms with E-state index in [1.54, 1.807) is 0 Å². The van der Waals surface area contributed by atoms with Gasteiger partial charge in [0.05, 0.1) is 0 Å². The minimum absolute atomic E-state index is 0.922. The Morgan fingerprint density at radius 3 is 1.09 bits per heavy atom. The summed E-state index contributed by atoms with van der Waals surface area (Å²) in [4.78, 5) is 0. The van der Waals surface area contributed by atoms with Gasteiger partial charge in [-0.3, -0.25) is 0 Å². The summed E-state index contributed by atoms with van der Waals surface area (Å²) in [5.41, 5.74) is 20.6. The van der Waals surface area contributed by atoms with E-state index in [0.717, 1.165) is 11.4 Å². The van der Waals surface area contributed by atoms with Gasteiger partial charge in [-0.15, -0.1) is 0 Å².